The third-order valence-corrected chi connectivity index (χ3v) is 5.38. The van der Waals surface area contributed by atoms with Crippen LogP contribution in [0.2, 0.25) is 0 Å². The Morgan fingerprint density at radius 3 is 2.29 bits per heavy atom. The molecule has 1 atom stereocenters. The van der Waals surface area contributed by atoms with Gasteiger partial charge in [0.15, 0.2) is 0 Å². The van der Waals surface area contributed by atoms with Gasteiger partial charge in [-0.3, -0.25) is 9.59 Å². The number of hydrogen-bond donors (Lipinski definition) is 1. The zero-order valence-corrected chi connectivity index (χ0v) is 14.9. The van der Waals surface area contributed by atoms with E-state index in [1.165, 1.54) is 10.4 Å². The van der Waals surface area contributed by atoms with Gasteiger partial charge in [-0.1, -0.05) is 51.1 Å². The molecule has 24 heavy (non-hydrogen) atoms. The minimum absolute atomic E-state index is 0.0574. The highest BCUT2D eigenvalue weighted by Gasteiger charge is 2.24. The van der Waals surface area contributed by atoms with Gasteiger partial charge < -0.3 is 5.32 Å². The molecule has 0 amide bonds. The molecular formula is C20H21NO2S. The summed E-state index contributed by atoms with van der Waals surface area (Å²) in [6, 6.07) is 12.0. The van der Waals surface area contributed by atoms with E-state index in [1.807, 2.05) is 35.7 Å². The molecule has 3 aromatic rings. The van der Waals surface area contributed by atoms with Crippen molar-refractivity contribution < 1.29 is 0 Å². The molecule has 0 fully saturated rings. The van der Waals surface area contributed by atoms with Crippen LogP contribution in [0.5, 0.6) is 0 Å². The fourth-order valence-electron chi connectivity index (χ4n) is 2.88. The van der Waals surface area contributed by atoms with Crippen LogP contribution in [0.3, 0.4) is 0 Å². The number of thiophene rings is 1. The molecule has 0 radical (unpaired) electrons. The fraction of sp³-hybridized carbons (Fsp3) is 0.300. The first kappa shape index (κ1) is 16.7. The normalized spacial score (nSPS) is 12.7. The van der Waals surface area contributed by atoms with Crippen molar-refractivity contribution in [2.24, 2.45) is 0 Å². The maximum atomic E-state index is 12.1. The molecule has 0 saturated carbocycles. The van der Waals surface area contributed by atoms with E-state index in [0.717, 1.165) is 12.0 Å². The highest BCUT2D eigenvalue weighted by molar-refractivity contribution is 7.10. The lowest BCUT2D eigenvalue weighted by Crippen LogP contribution is -2.37. The minimum atomic E-state index is -0.409. The second-order valence-corrected chi connectivity index (χ2v) is 7.28. The van der Waals surface area contributed by atoms with Gasteiger partial charge in [-0.2, -0.15) is 0 Å². The van der Waals surface area contributed by atoms with Gasteiger partial charge in [0, 0.05) is 4.88 Å². The van der Waals surface area contributed by atoms with Crippen LogP contribution >= 0.6 is 11.3 Å². The summed E-state index contributed by atoms with van der Waals surface area (Å²) >= 11 is 1.66. The Morgan fingerprint density at radius 2 is 1.75 bits per heavy atom. The summed E-state index contributed by atoms with van der Waals surface area (Å²) in [7, 11) is 0. The number of nitrogens with one attached hydrogen (secondary N) is 1. The van der Waals surface area contributed by atoms with Crippen LogP contribution in [-0.4, -0.2) is 0 Å². The first-order chi connectivity index (χ1) is 11.5. The van der Waals surface area contributed by atoms with Crippen LogP contribution in [0.25, 0.3) is 11.1 Å². The second kappa shape index (κ2) is 6.73. The minimum Gasteiger partial charge on any atom is -0.374 e. The highest BCUT2D eigenvalue weighted by Crippen LogP contribution is 2.30. The lowest BCUT2D eigenvalue weighted by molar-refractivity contribution is 0.761. The Labute approximate surface area is 145 Å². The Morgan fingerprint density at radius 1 is 1.04 bits per heavy atom. The second-order valence-electron chi connectivity index (χ2n) is 6.31. The van der Waals surface area contributed by atoms with Gasteiger partial charge in [-0.05, 0) is 34.9 Å². The molecule has 1 heterocycles. The topological polar surface area (TPSA) is 46.2 Å². The van der Waals surface area contributed by atoms with Crippen LogP contribution in [-0.2, 0) is 0 Å². The summed E-state index contributed by atoms with van der Waals surface area (Å²) in [6.07, 6.45) is 0.852. The standard InChI is InChI=1S/C20H21NO2S/c1-4-15(16-6-5-11-24-16)21-18-17(19(22)20(18)23)14-9-7-13(8-10-14)12(2)3/h5-12,15,21H,4H2,1-3H3/t15-/m0/s1. The quantitative estimate of drug-likeness (QED) is 0.662. The molecular weight excluding hydrogens is 318 g/mol. The van der Waals surface area contributed by atoms with Gasteiger partial charge >= 0.3 is 0 Å². The molecule has 124 valence electrons. The molecule has 1 N–H and O–H groups in total. The van der Waals surface area contributed by atoms with E-state index in [-0.39, 0.29) is 6.04 Å². The molecule has 3 nitrogen and oxygen atoms in total. The van der Waals surface area contributed by atoms with Gasteiger partial charge in [-0.25, -0.2) is 0 Å². The van der Waals surface area contributed by atoms with Crippen molar-refractivity contribution >= 4 is 17.0 Å². The van der Waals surface area contributed by atoms with E-state index >= 15 is 0 Å². The summed E-state index contributed by atoms with van der Waals surface area (Å²) in [5.41, 5.74) is 2.20. The predicted octanol–water partition coefficient (Wildman–Crippen LogP) is 4.70. The zero-order chi connectivity index (χ0) is 17.3. The first-order valence-electron chi connectivity index (χ1n) is 8.26. The number of anilines is 1. The van der Waals surface area contributed by atoms with Crippen molar-refractivity contribution in [3.8, 4) is 11.1 Å². The Hall–Kier alpha value is -2.20. The lowest BCUT2D eigenvalue weighted by Gasteiger charge is -2.20. The predicted molar refractivity (Wildman–Crippen MR) is 102 cm³/mol. The molecule has 3 rings (SSSR count). The average Bonchev–Trinajstić information content (AvgIpc) is 3.12. The number of benzene rings is 1. The van der Waals surface area contributed by atoms with E-state index in [9.17, 15) is 9.59 Å². The first-order valence-corrected chi connectivity index (χ1v) is 9.14. The van der Waals surface area contributed by atoms with Gasteiger partial charge in [0.05, 0.1) is 17.3 Å². The molecule has 0 unspecified atom stereocenters. The van der Waals surface area contributed by atoms with Crippen molar-refractivity contribution in [2.45, 2.75) is 39.2 Å². The highest BCUT2D eigenvalue weighted by atomic mass is 32.1. The molecule has 0 bridgehead atoms. The molecule has 0 aliphatic heterocycles. The van der Waals surface area contributed by atoms with Crippen LogP contribution in [0, 0.1) is 0 Å². The van der Waals surface area contributed by atoms with Crippen LogP contribution in [0.4, 0.5) is 5.69 Å². The van der Waals surface area contributed by atoms with Crippen molar-refractivity contribution in [3.63, 3.8) is 0 Å². The van der Waals surface area contributed by atoms with Gasteiger partial charge in [0.2, 0.25) is 10.9 Å². The molecule has 2 aromatic carbocycles. The summed E-state index contributed by atoms with van der Waals surface area (Å²) in [5, 5.41) is 5.31. The summed E-state index contributed by atoms with van der Waals surface area (Å²) in [4.78, 5) is 25.4. The van der Waals surface area contributed by atoms with Crippen LogP contribution in [0.1, 0.15) is 49.6 Å². The summed E-state index contributed by atoms with van der Waals surface area (Å²) in [5.74, 6) is 0.438. The zero-order valence-electron chi connectivity index (χ0n) is 14.1. The Balaban J connectivity index is 1.92. The number of rotatable bonds is 6. The van der Waals surface area contributed by atoms with E-state index < -0.39 is 10.9 Å². The third kappa shape index (κ3) is 2.94. The Kier molecular flexibility index (Phi) is 4.67. The molecule has 0 saturated heterocycles. The van der Waals surface area contributed by atoms with Crippen molar-refractivity contribution in [2.75, 3.05) is 5.32 Å². The van der Waals surface area contributed by atoms with Gasteiger partial charge in [0.1, 0.15) is 0 Å². The monoisotopic (exact) mass is 339 g/mol. The summed E-state index contributed by atoms with van der Waals surface area (Å²) in [6.45, 7) is 6.33. The van der Waals surface area contributed by atoms with Crippen LogP contribution < -0.4 is 16.2 Å². The largest absolute Gasteiger partial charge is 0.374 e. The molecule has 0 aliphatic carbocycles. The Bertz CT molecular complexity index is 885. The van der Waals surface area contributed by atoms with E-state index in [2.05, 4.69) is 32.2 Å². The van der Waals surface area contributed by atoms with Crippen LogP contribution in [0.15, 0.2) is 51.4 Å². The maximum absolute atomic E-state index is 12.1. The maximum Gasteiger partial charge on any atom is 0.250 e. The van der Waals surface area contributed by atoms with E-state index in [1.54, 1.807) is 11.3 Å². The van der Waals surface area contributed by atoms with Gasteiger partial charge in [0.25, 0.3) is 0 Å². The number of hydrogen-bond acceptors (Lipinski definition) is 4. The molecule has 4 heteroatoms. The average molecular weight is 339 g/mol. The van der Waals surface area contributed by atoms with E-state index in [4.69, 9.17) is 0 Å². The lowest BCUT2D eigenvalue weighted by atomic mass is 9.94. The molecule has 0 spiro atoms. The van der Waals surface area contributed by atoms with E-state index in [0.29, 0.717) is 17.2 Å². The van der Waals surface area contributed by atoms with Crippen molar-refractivity contribution in [3.05, 3.63) is 72.7 Å². The summed E-state index contributed by atoms with van der Waals surface area (Å²) < 4.78 is 0. The molecule has 0 aliphatic rings. The van der Waals surface area contributed by atoms with Crippen molar-refractivity contribution in [1.29, 1.82) is 0 Å². The third-order valence-electron chi connectivity index (χ3n) is 4.39. The van der Waals surface area contributed by atoms with Gasteiger partial charge in [-0.15, -0.1) is 11.3 Å². The fourth-order valence-corrected chi connectivity index (χ4v) is 3.74. The molecule has 1 aromatic heterocycles. The SMILES string of the molecule is CC[C@H](Nc1c(-c2ccc(C(C)C)cc2)c(=O)c1=O)c1cccs1. The van der Waals surface area contributed by atoms with Crippen molar-refractivity contribution in [1.82, 2.24) is 0 Å². The smallest absolute Gasteiger partial charge is 0.250 e.